The van der Waals surface area contributed by atoms with Crippen molar-refractivity contribution in [2.45, 2.75) is 81.1 Å². The van der Waals surface area contributed by atoms with E-state index in [-0.39, 0.29) is 10.8 Å². The number of hydrogen-bond donors (Lipinski definition) is 0. The summed E-state index contributed by atoms with van der Waals surface area (Å²) in [5, 5.41) is 0. The van der Waals surface area contributed by atoms with Gasteiger partial charge in [0.2, 0.25) is 0 Å². The lowest BCUT2D eigenvalue weighted by atomic mass is 9.79. The van der Waals surface area contributed by atoms with E-state index in [2.05, 4.69) is 55.4 Å². The zero-order valence-corrected chi connectivity index (χ0v) is 14.7. The van der Waals surface area contributed by atoms with Gasteiger partial charge in [0, 0.05) is 0 Å². The Morgan fingerprint density at radius 2 is 1.10 bits per heavy atom. The molecule has 1 saturated carbocycles. The number of hydrogen-bond acceptors (Lipinski definition) is 1. The van der Waals surface area contributed by atoms with Crippen LogP contribution in [0.5, 0.6) is 0 Å². The van der Waals surface area contributed by atoms with Gasteiger partial charge in [0.15, 0.2) is 5.78 Å². The van der Waals surface area contributed by atoms with Crippen LogP contribution < -0.4 is 0 Å². The molecule has 1 rings (SSSR count). The van der Waals surface area contributed by atoms with Crippen molar-refractivity contribution in [3.8, 4) is 0 Å². The molecule has 20 heavy (non-hydrogen) atoms. The molecule has 0 aromatic heterocycles. The number of allylic oxidation sites excluding steroid dienone is 4. The van der Waals surface area contributed by atoms with E-state index in [4.69, 9.17) is 0 Å². The highest BCUT2D eigenvalue weighted by molar-refractivity contribution is 6.11. The summed E-state index contributed by atoms with van der Waals surface area (Å²) in [6.07, 6.45) is 3.84. The second kappa shape index (κ2) is 5.87. The highest BCUT2D eigenvalue weighted by Crippen LogP contribution is 2.42. The molecule has 0 N–H and O–H groups in total. The maximum absolute atomic E-state index is 12.9. The van der Waals surface area contributed by atoms with Crippen LogP contribution in [0.3, 0.4) is 0 Å². The summed E-state index contributed by atoms with van der Waals surface area (Å²) >= 11 is 0. The van der Waals surface area contributed by atoms with E-state index < -0.39 is 0 Å². The lowest BCUT2D eigenvalue weighted by Gasteiger charge is -2.25. The van der Waals surface area contributed by atoms with Crippen LogP contribution in [0.25, 0.3) is 0 Å². The Kier molecular flexibility index (Phi) is 5.05. The minimum atomic E-state index is 0.100. The van der Waals surface area contributed by atoms with Crippen LogP contribution in [-0.4, -0.2) is 5.78 Å². The molecule has 0 unspecified atom stereocenters. The van der Waals surface area contributed by atoms with Crippen LogP contribution in [-0.2, 0) is 4.79 Å². The van der Waals surface area contributed by atoms with E-state index in [1.165, 1.54) is 11.1 Å². The molecule has 0 saturated heterocycles. The molecule has 0 amide bonds. The summed E-state index contributed by atoms with van der Waals surface area (Å²) < 4.78 is 0. The summed E-state index contributed by atoms with van der Waals surface area (Å²) in [5.41, 5.74) is 5.10. The number of rotatable bonds is 2. The molecule has 0 aromatic carbocycles. The summed E-state index contributed by atoms with van der Waals surface area (Å²) in [5.74, 6) is 0.337. The summed E-state index contributed by atoms with van der Waals surface area (Å²) in [7, 11) is 0. The lowest BCUT2D eigenvalue weighted by Crippen LogP contribution is -2.16. The van der Waals surface area contributed by atoms with E-state index in [0.717, 1.165) is 36.8 Å². The van der Waals surface area contributed by atoms with Crippen molar-refractivity contribution >= 4 is 5.78 Å². The zero-order valence-electron chi connectivity index (χ0n) is 14.7. The maximum Gasteiger partial charge on any atom is 0.184 e. The molecule has 0 bridgehead atoms. The van der Waals surface area contributed by atoms with Crippen LogP contribution in [0.1, 0.15) is 81.1 Å². The fraction of sp³-hybridized carbons (Fsp3) is 0.737. The fourth-order valence-electron chi connectivity index (χ4n) is 3.63. The first-order valence-electron chi connectivity index (χ1n) is 8.03. The molecule has 1 aliphatic carbocycles. The van der Waals surface area contributed by atoms with Crippen LogP contribution in [0.2, 0.25) is 0 Å². The van der Waals surface area contributed by atoms with Crippen molar-refractivity contribution in [2.75, 3.05) is 0 Å². The molecule has 114 valence electrons. The molecule has 1 heteroatoms. The van der Waals surface area contributed by atoms with Crippen molar-refractivity contribution in [3.63, 3.8) is 0 Å². The molecule has 0 atom stereocenters. The predicted octanol–water partition coefficient (Wildman–Crippen LogP) is 5.85. The normalized spacial score (nSPS) is 22.3. The molecule has 0 spiro atoms. The molecular formula is C19H32O. The van der Waals surface area contributed by atoms with Gasteiger partial charge >= 0.3 is 0 Å². The van der Waals surface area contributed by atoms with Gasteiger partial charge in [-0.3, -0.25) is 4.79 Å². The van der Waals surface area contributed by atoms with E-state index >= 15 is 0 Å². The molecule has 0 radical (unpaired) electrons. The number of carbonyl (C=O) groups is 1. The highest BCUT2D eigenvalue weighted by Gasteiger charge is 2.33. The van der Waals surface area contributed by atoms with Gasteiger partial charge in [0.05, 0.1) is 0 Å². The maximum atomic E-state index is 12.9. The first-order valence-corrected chi connectivity index (χ1v) is 8.03. The van der Waals surface area contributed by atoms with E-state index in [1.807, 2.05) is 0 Å². The Labute approximate surface area is 125 Å². The van der Waals surface area contributed by atoms with Crippen LogP contribution in [0.4, 0.5) is 0 Å². The van der Waals surface area contributed by atoms with Gasteiger partial charge in [-0.25, -0.2) is 0 Å². The standard InChI is InChI=1S/C19H32O/c1-9-15(18(3,4)5)13-11-12-14(17(13)20)16(10-2)19(6,7)8/h9-12H2,1-8H3/b15-13+,16-14+. The predicted molar refractivity (Wildman–Crippen MR) is 87.8 cm³/mol. The monoisotopic (exact) mass is 276 g/mol. The Morgan fingerprint density at radius 3 is 1.30 bits per heavy atom. The molecule has 0 heterocycles. The highest BCUT2D eigenvalue weighted by atomic mass is 16.1. The zero-order chi connectivity index (χ0) is 15.7. The minimum absolute atomic E-state index is 0.100. The van der Waals surface area contributed by atoms with Gasteiger partial charge in [-0.05, 0) is 47.7 Å². The Morgan fingerprint density at radius 1 is 0.800 bits per heavy atom. The summed E-state index contributed by atoms with van der Waals surface area (Å²) in [6.45, 7) is 17.7. The quantitative estimate of drug-likeness (QED) is 0.578. The van der Waals surface area contributed by atoms with Crippen molar-refractivity contribution in [1.29, 1.82) is 0 Å². The molecule has 1 aliphatic rings. The molecule has 0 aromatic rings. The molecule has 1 nitrogen and oxygen atoms in total. The second-order valence-electron chi connectivity index (χ2n) is 7.95. The van der Waals surface area contributed by atoms with E-state index in [0.29, 0.717) is 5.78 Å². The topological polar surface area (TPSA) is 17.1 Å². The minimum Gasteiger partial charge on any atom is -0.289 e. The van der Waals surface area contributed by atoms with Gasteiger partial charge in [0.1, 0.15) is 0 Å². The average molecular weight is 276 g/mol. The average Bonchev–Trinajstić information content (AvgIpc) is 2.60. The molecular weight excluding hydrogens is 244 g/mol. The smallest absolute Gasteiger partial charge is 0.184 e. The first kappa shape index (κ1) is 17.2. The number of carbonyl (C=O) groups excluding carboxylic acids is 1. The third-order valence-corrected chi connectivity index (χ3v) is 4.42. The second-order valence-corrected chi connectivity index (χ2v) is 7.95. The van der Waals surface area contributed by atoms with Crippen molar-refractivity contribution < 1.29 is 4.79 Å². The van der Waals surface area contributed by atoms with Gasteiger partial charge in [0.25, 0.3) is 0 Å². The SMILES string of the molecule is CC/C(=C1/CC/C(=C(/CC)C(C)(C)C)C1=O)C(C)(C)C. The van der Waals surface area contributed by atoms with Crippen molar-refractivity contribution in [2.24, 2.45) is 10.8 Å². The molecule has 1 fully saturated rings. The Hall–Kier alpha value is -0.850. The summed E-state index contributed by atoms with van der Waals surface area (Å²) in [4.78, 5) is 12.9. The van der Waals surface area contributed by atoms with Gasteiger partial charge in [-0.15, -0.1) is 0 Å². The molecule has 0 aliphatic heterocycles. The van der Waals surface area contributed by atoms with Crippen molar-refractivity contribution in [3.05, 3.63) is 22.3 Å². The third-order valence-electron chi connectivity index (χ3n) is 4.42. The van der Waals surface area contributed by atoms with Crippen LogP contribution >= 0.6 is 0 Å². The lowest BCUT2D eigenvalue weighted by molar-refractivity contribution is -0.111. The Balaban J connectivity index is 3.36. The van der Waals surface area contributed by atoms with Crippen LogP contribution in [0.15, 0.2) is 22.3 Å². The first-order chi connectivity index (χ1) is 9.04. The largest absolute Gasteiger partial charge is 0.289 e. The van der Waals surface area contributed by atoms with E-state index in [9.17, 15) is 4.79 Å². The Bertz CT molecular complexity index is 405. The third kappa shape index (κ3) is 3.42. The van der Waals surface area contributed by atoms with Gasteiger partial charge in [-0.2, -0.15) is 0 Å². The van der Waals surface area contributed by atoms with Gasteiger partial charge < -0.3 is 0 Å². The van der Waals surface area contributed by atoms with E-state index in [1.54, 1.807) is 0 Å². The fourth-order valence-corrected chi connectivity index (χ4v) is 3.63. The summed E-state index contributed by atoms with van der Waals surface area (Å²) in [6, 6.07) is 0. The number of Topliss-reactive ketones (excluding diaryl/α,β-unsaturated/α-hetero) is 1. The number of ketones is 1. The van der Waals surface area contributed by atoms with Crippen molar-refractivity contribution in [1.82, 2.24) is 0 Å². The van der Waals surface area contributed by atoms with Gasteiger partial charge in [-0.1, -0.05) is 66.5 Å². The van der Waals surface area contributed by atoms with Crippen LogP contribution in [0, 0.1) is 10.8 Å².